The van der Waals surface area contributed by atoms with Crippen molar-refractivity contribution in [3.05, 3.63) is 70.7 Å². The monoisotopic (exact) mass is 260 g/mol. The van der Waals surface area contributed by atoms with Gasteiger partial charge in [-0.15, -0.1) is 0 Å². The van der Waals surface area contributed by atoms with Crippen LogP contribution >= 0.6 is 11.6 Å². The molecular formula is C15H13ClO2. The summed E-state index contributed by atoms with van der Waals surface area (Å²) in [5.41, 5.74) is 1.65. The summed E-state index contributed by atoms with van der Waals surface area (Å²) in [7, 11) is 0. The third-order valence-electron chi connectivity index (χ3n) is 2.88. The number of benzene rings is 2. The molecule has 0 spiro atoms. The molecule has 0 amide bonds. The van der Waals surface area contributed by atoms with Crippen LogP contribution in [0.25, 0.3) is 0 Å². The Bertz CT molecular complexity index is 537. The molecule has 0 aliphatic carbocycles. The predicted molar refractivity (Wildman–Crippen MR) is 72.0 cm³/mol. The summed E-state index contributed by atoms with van der Waals surface area (Å²) in [5, 5.41) is 9.95. The average Bonchev–Trinajstić information content (AvgIpc) is 2.38. The molecule has 2 nitrogen and oxygen atoms in total. The van der Waals surface area contributed by atoms with Crippen LogP contribution in [0.2, 0.25) is 5.02 Å². The van der Waals surface area contributed by atoms with E-state index in [9.17, 15) is 9.90 Å². The number of carboxylic acid groups (broad SMARTS) is 1. The summed E-state index contributed by atoms with van der Waals surface area (Å²) in [5.74, 6) is -1.40. The molecule has 0 aliphatic rings. The fraction of sp³-hybridized carbons (Fsp3) is 0.133. The van der Waals surface area contributed by atoms with Crippen molar-refractivity contribution >= 4 is 17.6 Å². The van der Waals surface area contributed by atoms with E-state index in [1.165, 1.54) is 0 Å². The molecule has 2 aromatic rings. The van der Waals surface area contributed by atoms with Gasteiger partial charge in [0.1, 0.15) is 0 Å². The van der Waals surface area contributed by atoms with Gasteiger partial charge in [0, 0.05) is 5.02 Å². The highest BCUT2D eigenvalue weighted by Gasteiger charge is 2.20. The van der Waals surface area contributed by atoms with Gasteiger partial charge in [-0.2, -0.15) is 0 Å². The molecule has 1 atom stereocenters. The minimum atomic E-state index is -0.832. The molecule has 0 saturated heterocycles. The lowest BCUT2D eigenvalue weighted by atomic mass is 9.92. The molecule has 0 radical (unpaired) electrons. The predicted octanol–water partition coefficient (Wildman–Crippen LogP) is 3.75. The van der Waals surface area contributed by atoms with Crippen LogP contribution in [0.1, 0.15) is 17.0 Å². The lowest BCUT2D eigenvalue weighted by Crippen LogP contribution is -2.14. The number of hydrogen-bond donors (Lipinski definition) is 1. The molecule has 3 heteroatoms. The Morgan fingerprint density at radius 2 is 1.67 bits per heavy atom. The van der Waals surface area contributed by atoms with Crippen molar-refractivity contribution in [3.8, 4) is 0 Å². The van der Waals surface area contributed by atoms with Crippen LogP contribution in [0, 0.1) is 0 Å². The molecule has 18 heavy (non-hydrogen) atoms. The van der Waals surface area contributed by atoms with Crippen LogP contribution in [0.4, 0.5) is 0 Å². The molecule has 0 bridgehead atoms. The maximum Gasteiger partial charge on any atom is 0.311 e. The van der Waals surface area contributed by atoms with Crippen molar-refractivity contribution in [2.45, 2.75) is 12.3 Å². The van der Waals surface area contributed by atoms with Gasteiger partial charge >= 0.3 is 5.97 Å². The van der Waals surface area contributed by atoms with Crippen molar-refractivity contribution in [3.63, 3.8) is 0 Å². The highest BCUT2D eigenvalue weighted by molar-refractivity contribution is 6.31. The SMILES string of the molecule is O=C(O)C(Cc1ccccc1Cl)c1ccccc1. The van der Waals surface area contributed by atoms with E-state index in [0.29, 0.717) is 11.4 Å². The van der Waals surface area contributed by atoms with E-state index >= 15 is 0 Å². The first-order valence-electron chi connectivity index (χ1n) is 5.69. The van der Waals surface area contributed by atoms with E-state index in [4.69, 9.17) is 11.6 Å². The normalized spacial score (nSPS) is 12.1. The van der Waals surface area contributed by atoms with E-state index in [1.807, 2.05) is 48.5 Å². The Morgan fingerprint density at radius 3 is 2.28 bits per heavy atom. The molecule has 0 fully saturated rings. The average molecular weight is 261 g/mol. The minimum Gasteiger partial charge on any atom is -0.481 e. The zero-order chi connectivity index (χ0) is 13.0. The summed E-state index contributed by atoms with van der Waals surface area (Å²) in [4.78, 5) is 11.4. The van der Waals surface area contributed by atoms with Gasteiger partial charge in [0.15, 0.2) is 0 Å². The quantitative estimate of drug-likeness (QED) is 0.909. The Hall–Kier alpha value is -1.80. The maximum atomic E-state index is 11.4. The molecule has 1 unspecified atom stereocenters. The Kier molecular flexibility index (Phi) is 4.00. The summed E-state index contributed by atoms with van der Waals surface area (Å²) < 4.78 is 0. The largest absolute Gasteiger partial charge is 0.481 e. The zero-order valence-electron chi connectivity index (χ0n) is 9.71. The van der Waals surface area contributed by atoms with Crippen LogP contribution in [0.3, 0.4) is 0 Å². The molecule has 0 saturated carbocycles. The zero-order valence-corrected chi connectivity index (χ0v) is 10.5. The number of carbonyl (C=O) groups is 1. The van der Waals surface area contributed by atoms with Crippen LogP contribution in [-0.4, -0.2) is 11.1 Å². The van der Waals surface area contributed by atoms with Gasteiger partial charge < -0.3 is 5.11 Å². The van der Waals surface area contributed by atoms with Crippen LogP contribution in [0.15, 0.2) is 54.6 Å². The Labute approximate surface area is 111 Å². The van der Waals surface area contributed by atoms with Crippen molar-refractivity contribution in [2.24, 2.45) is 0 Å². The van der Waals surface area contributed by atoms with Crippen molar-refractivity contribution in [1.29, 1.82) is 0 Å². The summed E-state index contributed by atoms with van der Waals surface area (Å²) >= 11 is 6.07. The van der Waals surface area contributed by atoms with Gasteiger partial charge in [-0.1, -0.05) is 60.1 Å². The van der Waals surface area contributed by atoms with Gasteiger partial charge in [0.2, 0.25) is 0 Å². The van der Waals surface area contributed by atoms with E-state index < -0.39 is 11.9 Å². The topological polar surface area (TPSA) is 37.3 Å². The van der Waals surface area contributed by atoms with Crippen molar-refractivity contribution in [1.82, 2.24) is 0 Å². The Morgan fingerprint density at radius 1 is 1.06 bits per heavy atom. The number of carboxylic acids is 1. The van der Waals surface area contributed by atoms with Gasteiger partial charge in [0.25, 0.3) is 0 Å². The first-order valence-corrected chi connectivity index (χ1v) is 6.07. The highest BCUT2D eigenvalue weighted by Crippen LogP contribution is 2.25. The fourth-order valence-corrected chi connectivity index (χ4v) is 2.13. The first-order chi connectivity index (χ1) is 8.68. The highest BCUT2D eigenvalue weighted by atomic mass is 35.5. The molecule has 0 heterocycles. The maximum absolute atomic E-state index is 11.4. The second-order valence-corrected chi connectivity index (χ2v) is 4.50. The second kappa shape index (κ2) is 5.69. The van der Waals surface area contributed by atoms with E-state index in [2.05, 4.69) is 0 Å². The van der Waals surface area contributed by atoms with Gasteiger partial charge in [-0.05, 0) is 23.6 Å². The summed E-state index contributed by atoms with van der Waals surface area (Å²) in [6, 6.07) is 16.6. The number of rotatable bonds is 4. The second-order valence-electron chi connectivity index (χ2n) is 4.10. The van der Waals surface area contributed by atoms with E-state index in [-0.39, 0.29) is 0 Å². The number of hydrogen-bond acceptors (Lipinski definition) is 1. The number of aliphatic carboxylic acids is 1. The molecule has 2 rings (SSSR count). The van der Waals surface area contributed by atoms with Crippen molar-refractivity contribution < 1.29 is 9.90 Å². The lowest BCUT2D eigenvalue weighted by Gasteiger charge is -2.13. The molecular weight excluding hydrogens is 248 g/mol. The molecule has 1 N–H and O–H groups in total. The third kappa shape index (κ3) is 2.90. The van der Waals surface area contributed by atoms with Crippen LogP contribution in [-0.2, 0) is 11.2 Å². The molecule has 92 valence electrons. The Balaban J connectivity index is 2.28. The minimum absolute atomic E-state index is 0.402. The molecule has 2 aromatic carbocycles. The van der Waals surface area contributed by atoms with Gasteiger partial charge in [-0.25, -0.2) is 0 Å². The first kappa shape index (κ1) is 12.7. The van der Waals surface area contributed by atoms with E-state index in [0.717, 1.165) is 11.1 Å². The van der Waals surface area contributed by atoms with Crippen LogP contribution < -0.4 is 0 Å². The lowest BCUT2D eigenvalue weighted by molar-refractivity contribution is -0.138. The van der Waals surface area contributed by atoms with Crippen LogP contribution in [0.5, 0.6) is 0 Å². The third-order valence-corrected chi connectivity index (χ3v) is 3.25. The molecule has 0 aliphatic heterocycles. The molecule has 0 aromatic heterocycles. The number of halogens is 1. The van der Waals surface area contributed by atoms with Crippen molar-refractivity contribution in [2.75, 3.05) is 0 Å². The van der Waals surface area contributed by atoms with E-state index in [1.54, 1.807) is 6.07 Å². The van der Waals surface area contributed by atoms with Gasteiger partial charge in [0.05, 0.1) is 5.92 Å². The summed E-state index contributed by atoms with van der Waals surface area (Å²) in [6.07, 6.45) is 0.402. The van der Waals surface area contributed by atoms with Gasteiger partial charge in [-0.3, -0.25) is 4.79 Å². The fourth-order valence-electron chi connectivity index (χ4n) is 1.92. The summed E-state index contributed by atoms with van der Waals surface area (Å²) in [6.45, 7) is 0. The standard InChI is InChI=1S/C15H13ClO2/c16-14-9-5-4-8-12(14)10-13(15(17)18)11-6-2-1-3-7-11/h1-9,13H,10H2,(H,17,18). The smallest absolute Gasteiger partial charge is 0.311 e.